The zero-order valence-corrected chi connectivity index (χ0v) is 23.6. The molecule has 41 heavy (non-hydrogen) atoms. The molecule has 2 aliphatic rings. The van der Waals surface area contributed by atoms with Crippen LogP contribution in [0.5, 0.6) is 11.5 Å². The Bertz CT molecular complexity index is 1620. The van der Waals surface area contributed by atoms with Crippen LogP contribution in [0.25, 0.3) is 11.0 Å². The second-order valence-electron chi connectivity index (χ2n) is 10.2. The van der Waals surface area contributed by atoms with E-state index in [2.05, 4.69) is 4.90 Å². The number of carbonyl (C=O) groups excluding carboxylic acids is 1. The maximum Gasteiger partial charge on any atom is 0.290 e. The third-order valence-corrected chi connectivity index (χ3v) is 7.88. The van der Waals surface area contributed by atoms with Crippen molar-refractivity contribution in [1.82, 2.24) is 9.80 Å². The summed E-state index contributed by atoms with van der Waals surface area (Å²) in [5.41, 5.74) is 2.16. The van der Waals surface area contributed by atoms with Gasteiger partial charge in [-0.2, -0.15) is 0 Å². The van der Waals surface area contributed by atoms with Crippen molar-refractivity contribution >= 4 is 28.5 Å². The summed E-state index contributed by atoms with van der Waals surface area (Å²) in [5, 5.41) is 0.772. The predicted octanol–water partition coefficient (Wildman–Crippen LogP) is 5.30. The number of hydrogen-bond acceptors (Lipinski definition) is 7. The standard InChI is InChI=1S/C32H31ClN2O6/c1-38-27-18-22(8-10-26(27)40-20-21-6-3-2-4-7-21)29-28-30(36)24-19-23(33)9-11-25(24)41-31(28)32(37)35(29)13-5-12-34-14-16-39-17-15-34/h2-4,6-11,18-19,29H,5,12-17,20H2,1H3. The molecule has 0 radical (unpaired) electrons. The Morgan fingerprint density at radius 1 is 0.951 bits per heavy atom. The molecule has 0 aliphatic carbocycles. The number of benzene rings is 3. The molecule has 1 atom stereocenters. The lowest BCUT2D eigenvalue weighted by molar-refractivity contribution is 0.0353. The first-order valence-corrected chi connectivity index (χ1v) is 14.1. The van der Waals surface area contributed by atoms with Crippen LogP contribution in [-0.2, 0) is 11.3 Å². The van der Waals surface area contributed by atoms with Gasteiger partial charge in [0.1, 0.15) is 12.2 Å². The monoisotopic (exact) mass is 574 g/mol. The summed E-state index contributed by atoms with van der Waals surface area (Å²) in [7, 11) is 1.58. The van der Waals surface area contributed by atoms with Gasteiger partial charge >= 0.3 is 0 Å². The fraction of sp³-hybridized carbons (Fsp3) is 0.312. The zero-order valence-electron chi connectivity index (χ0n) is 22.8. The molecule has 212 valence electrons. The highest BCUT2D eigenvalue weighted by Gasteiger charge is 2.42. The Balaban J connectivity index is 1.35. The highest BCUT2D eigenvalue weighted by atomic mass is 35.5. The lowest BCUT2D eigenvalue weighted by Gasteiger charge is -2.29. The molecule has 1 amide bonds. The normalized spacial score (nSPS) is 17.2. The number of halogens is 1. The molecule has 0 bridgehead atoms. The van der Waals surface area contributed by atoms with E-state index in [0.717, 1.165) is 37.2 Å². The first-order valence-electron chi connectivity index (χ1n) is 13.8. The van der Waals surface area contributed by atoms with Gasteiger partial charge in [0.2, 0.25) is 5.76 Å². The molecule has 0 spiro atoms. The van der Waals surface area contributed by atoms with Gasteiger partial charge in [-0.15, -0.1) is 0 Å². The van der Waals surface area contributed by atoms with Crippen molar-refractivity contribution in [3.8, 4) is 11.5 Å². The molecule has 0 saturated carbocycles. The number of ether oxygens (including phenoxy) is 3. The molecule has 1 aromatic heterocycles. The van der Waals surface area contributed by atoms with Gasteiger partial charge in [0.05, 0.1) is 37.3 Å². The molecule has 4 aromatic rings. The second-order valence-corrected chi connectivity index (χ2v) is 10.6. The van der Waals surface area contributed by atoms with Crippen molar-refractivity contribution in [2.45, 2.75) is 19.1 Å². The largest absolute Gasteiger partial charge is 0.493 e. The summed E-state index contributed by atoms with van der Waals surface area (Å²) < 4.78 is 23.3. The molecule has 1 saturated heterocycles. The number of morpholine rings is 1. The van der Waals surface area contributed by atoms with Crippen molar-refractivity contribution < 1.29 is 23.4 Å². The van der Waals surface area contributed by atoms with Gasteiger partial charge in [0.25, 0.3) is 5.91 Å². The zero-order chi connectivity index (χ0) is 28.3. The van der Waals surface area contributed by atoms with Crippen LogP contribution in [-0.4, -0.2) is 62.2 Å². The van der Waals surface area contributed by atoms with E-state index in [1.54, 1.807) is 30.2 Å². The summed E-state index contributed by atoms with van der Waals surface area (Å²) in [6.45, 7) is 4.81. The average Bonchev–Trinajstić information content (AvgIpc) is 3.28. The first kappa shape index (κ1) is 27.3. The Morgan fingerprint density at radius 2 is 1.76 bits per heavy atom. The van der Waals surface area contributed by atoms with E-state index in [4.69, 9.17) is 30.2 Å². The fourth-order valence-corrected chi connectivity index (χ4v) is 5.74. The Labute approximate surface area is 243 Å². The fourth-order valence-electron chi connectivity index (χ4n) is 5.57. The molecule has 6 rings (SSSR count). The van der Waals surface area contributed by atoms with E-state index in [1.807, 2.05) is 48.5 Å². The summed E-state index contributed by atoms with van der Waals surface area (Å²) >= 11 is 6.22. The molecule has 8 nitrogen and oxygen atoms in total. The van der Waals surface area contributed by atoms with E-state index in [-0.39, 0.29) is 17.1 Å². The Hall–Kier alpha value is -3.85. The smallest absolute Gasteiger partial charge is 0.290 e. The van der Waals surface area contributed by atoms with Gasteiger partial charge in [-0.1, -0.05) is 48.0 Å². The molecule has 1 unspecified atom stereocenters. The molecule has 2 aliphatic heterocycles. The topological polar surface area (TPSA) is 81.5 Å². The SMILES string of the molecule is COc1cc(C2c3c(oc4ccc(Cl)cc4c3=O)C(=O)N2CCCN2CCOCC2)ccc1OCc1ccccc1. The summed E-state index contributed by atoms with van der Waals surface area (Å²) in [5.74, 6) is 0.857. The van der Waals surface area contributed by atoms with Crippen LogP contribution in [0.2, 0.25) is 5.02 Å². The number of fused-ring (bicyclic) bond motifs is 2. The third-order valence-electron chi connectivity index (χ3n) is 7.65. The maximum atomic E-state index is 13.9. The molecular formula is C32H31ClN2O6. The van der Waals surface area contributed by atoms with Crippen molar-refractivity contribution in [2.24, 2.45) is 0 Å². The van der Waals surface area contributed by atoms with Crippen molar-refractivity contribution in [3.05, 3.63) is 104 Å². The van der Waals surface area contributed by atoms with E-state index in [9.17, 15) is 9.59 Å². The first-order chi connectivity index (χ1) is 20.0. The number of rotatable bonds is 9. The third kappa shape index (κ3) is 5.55. The summed E-state index contributed by atoms with van der Waals surface area (Å²) in [6.07, 6.45) is 0.741. The highest BCUT2D eigenvalue weighted by Crippen LogP contribution is 2.41. The lowest BCUT2D eigenvalue weighted by atomic mass is 9.98. The van der Waals surface area contributed by atoms with Gasteiger partial charge in [0.15, 0.2) is 16.9 Å². The average molecular weight is 575 g/mol. The number of carbonyl (C=O) groups is 1. The molecule has 1 fully saturated rings. The van der Waals surface area contributed by atoms with Crippen LogP contribution >= 0.6 is 11.6 Å². The van der Waals surface area contributed by atoms with Crippen LogP contribution in [0.15, 0.2) is 75.9 Å². The van der Waals surface area contributed by atoms with Crippen LogP contribution < -0.4 is 14.9 Å². The minimum Gasteiger partial charge on any atom is -0.493 e. The van der Waals surface area contributed by atoms with Crippen molar-refractivity contribution in [1.29, 1.82) is 0 Å². The number of methoxy groups -OCH3 is 1. The van der Waals surface area contributed by atoms with Crippen LogP contribution in [0.1, 0.15) is 39.7 Å². The highest BCUT2D eigenvalue weighted by molar-refractivity contribution is 6.31. The number of amides is 1. The van der Waals surface area contributed by atoms with Gasteiger partial charge in [-0.05, 0) is 47.9 Å². The molecule has 3 heterocycles. The van der Waals surface area contributed by atoms with Crippen LogP contribution in [0.3, 0.4) is 0 Å². The predicted molar refractivity (Wildman–Crippen MR) is 156 cm³/mol. The van der Waals surface area contributed by atoms with E-state index in [1.165, 1.54) is 0 Å². The van der Waals surface area contributed by atoms with E-state index >= 15 is 0 Å². The van der Waals surface area contributed by atoms with Crippen molar-refractivity contribution in [3.63, 3.8) is 0 Å². The number of nitrogens with zero attached hydrogens (tertiary/aromatic N) is 2. The minimum atomic E-state index is -0.640. The van der Waals surface area contributed by atoms with Crippen molar-refractivity contribution in [2.75, 3.05) is 46.5 Å². The molecule has 9 heteroatoms. The second kappa shape index (κ2) is 11.9. The molecule has 0 N–H and O–H groups in total. The molecule has 3 aromatic carbocycles. The summed E-state index contributed by atoms with van der Waals surface area (Å²) in [4.78, 5) is 31.7. The van der Waals surface area contributed by atoms with Crippen LogP contribution in [0, 0.1) is 0 Å². The van der Waals surface area contributed by atoms with Gasteiger partial charge in [-0.25, -0.2) is 0 Å². The van der Waals surface area contributed by atoms with Gasteiger partial charge in [0, 0.05) is 31.2 Å². The summed E-state index contributed by atoms with van der Waals surface area (Å²) in [6, 6.07) is 19.6. The Morgan fingerprint density at radius 3 is 2.54 bits per heavy atom. The number of hydrogen-bond donors (Lipinski definition) is 0. The van der Waals surface area contributed by atoms with Gasteiger partial charge in [-0.3, -0.25) is 14.5 Å². The lowest BCUT2D eigenvalue weighted by Crippen LogP contribution is -2.38. The quantitative estimate of drug-likeness (QED) is 0.268. The minimum absolute atomic E-state index is 0.0737. The van der Waals surface area contributed by atoms with Crippen LogP contribution in [0.4, 0.5) is 0 Å². The Kier molecular flexibility index (Phi) is 7.96. The maximum absolute atomic E-state index is 13.9. The molecular weight excluding hydrogens is 544 g/mol. The van der Waals surface area contributed by atoms with E-state index < -0.39 is 6.04 Å². The van der Waals surface area contributed by atoms with Gasteiger partial charge < -0.3 is 23.5 Å². The van der Waals surface area contributed by atoms with E-state index in [0.29, 0.717) is 59.4 Å².